The second-order valence-electron chi connectivity index (χ2n) is 5.35. The average Bonchev–Trinajstić information content (AvgIpc) is 2.87. The fraction of sp³-hybridized carbons (Fsp3) is 0.692. The van der Waals surface area contributed by atoms with Crippen LogP contribution < -0.4 is 0 Å². The molecule has 2 saturated carbocycles. The Balaban J connectivity index is 1.72. The van der Waals surface area contributed by atoms with Crippen LogP contribution in [0.3, 0.4) is 0 Å². The number of hydrogen-bond acceptors (Lipinski definition) is 3. The lowest BCUT2D eigenvalue weighted by atomic mass is 9.78. The number of ether oxygens (including phenoxy) is 1. The van der Waals surface area contributed by atoms with E-state index in [0.29, 0.717) is 36.5 Å². The van der Waals surface area contributed by atoms with E-state index in [1.54, 1.807) is 0 Å². The summed E-state index contributed by atoms with van der Waals surface area (Å²) in [5, 5.41) is 0. The summed E-state index contributed by atoms with van der Waals surface area (Å²) in [7, 11) is 0. The van der Waals surface area contributed by atoms with Gasteiger partial charge >= 0.3 is 5.97 Å². The molecule has 3 heteroatoms. The molecule has 0 amide bonds. The molecule has 3 nitrogen and oxygen atoms in total. The molecule has 5 unspecified atom stereocenters. The van der Waals surface area contributed by atoms with Crippen LogP contribution in [0.1, 0.15) is 25.7 Å². The number of fused-ring (bicyclic) bond motifs is 5. The summed E-state index contributed by atoms with van der Waals surface area (Å²) in [6.07, 6.45) is 4.97. The first-order valence-corrected chi connectivity index (χ1v) is 6.03. The van der Waals surface area contributed by atoms with Gasteiger partial charge in [0.1, 0.15) is 6.10 Å². The fourth-order valence-corrected chi connectivity index (χ4v) is 3.97. The van der Waals surface area contributed by atoms with Gasteiger partial charge in [0, 0.05) is 12.3 Å². The molecule has 0 radical (unpaired) electrons. The molecular weight excluding hydrogens is 204 g/mol. The molecule has 3 fully saturated rings. The van der Waals surface area contributed by atoms with E-state index in [-0.39, 0.29) is 17.9 Å². The second-order valence-corrected chi connectivity index (χ2v) is 5.35. The molecule has 86 valence electrons. The largest absolute Gasteiger partial charge is 0.462 e. The number of hydrogen-bond donors (Lipinski definition) is 0. The van der Waals surface area contributed by atoms with Crippen LogP contribution in [-0.2, 0) is 14.3 Å². The maximum atomic E-state index is 11.4. The maximum absolute atomic E-state index is 11.4. The lowest BCUT2D eigenvalue weighted by Crippen LogP contribution is -2.31. The van der Waals surface area contributed by atoms with E-state index >= 15 is 0 Å². The molecule has 1 aliphatic heterocycles. The molecule has 16 heavy (non-hydrogen) atoms. The maximum Gasteiger partial charge on any atom is 0.306 e. The van der Waals surface area contributed by atoms with Crippen LogP contribution in [0.25, 0.3) is 0 Å². The zero-order chi connectivity index (χ0) is 11.3. The number of ketones is 1. The van der Waals surface area contributed by atoms with Crippen molar-refractivity contribution in [2.24, 2.45) is 23.7 Å². The Morgan fingerprint density at radius 2 is 2.25 bits per heavy atom. The Morgan fingerprint density at radius 3 is 3.00 bits per heavy atom. The Kier molecular flexibility index (Phi) is 2.16. The normalized spacial score (nSPS) is 44.2. The van der Waals surface area contributed by atoms with E-state index in [2.05, 4.69) is 6.58 Å². The van der Waals surface area contributed by atoms with Crippen LogP contribution in [0.15, 0.2) is 12.7 Å². The predicted molar refractivity (Wildman–Crippen MR) is 57.5 cm³/mol. The number of rotatable bonds is 3. The molecule has 5 atom stereocenters. The van der Waals surface area contributed by atoms with Crippen molar-refractivity contribution in [1.82, 2.24) is 0 Å². The Bertz CT molecular complexity index is 360. The minimum absolute atomic E-state index is 0.0413. The van der Waals surface area contributed by atoms with Gasteiger partial charge in [-0.2, -0.15) is 0 Å². The predicted octanol–water partition coefficient (Wildman–Crippen LogP) is 1.72. The highest BCUT2D eigenvalue weighted by molar-refractivity contribution is 5.89. The highest BCUT2D eigenvalue weighted by Gasteiger charge is 2.57. The van der Waals surface area contributed by atoms with E-state index in [1.807, 2.05) is 0 Å². The van der Waals surface area contributed by atoms with Crippen LogP contribution in [0.5, 0.6) is 0 Å². The number of esters is 1. The summed E-state index contributed by atoms with van der Waals surface area (Å²) >= 11 is 0. The lowest BCUT2D eigenvalue weighted by Gasteiger charge is -2.29. The van der Waals surface area contributed by atoms with Gasteiger partial charge < -0.3 is 4.74 Å². The molecule has 2 bridgehead atoms. The van der Waals surface area contributed by atoms with Crippen molar-refractivity contribution < 1.29 is 14.3 Å². The summed E-state index contributed by atoms with van der Waals surface area (Å²) in [6.45, 7) is 3.51. The Labute approximate surface area is 94.8 Å². The minimum atomic E-state index is -0.0413. The molecule has 0 aromatic rings. The zero-order valence-corrected chi connectivity index (χ0v) is 9.22. The van der Waals surface area contributed by atoms with Crippen LogP contribution >= 0.6 is 0 Å². The van der Waals surface area contributed by atoms with Gasteiger partial charge in [-0.05, 0) is 36.7 Å². The van der Waals surface area contributed by atoms with Gasteiger partial charge in [0.25, 0.3) is 0 Å². The monoisotopic (exact) mass is 220 g/mol. The first-order chi connectivity index (χ1) is 7.69. The minimum Gasteiger partial charge on any atom is -0.462 e. The van der Waals surface area contributed by atoms with E-state index in [1.165, 1.54) is 6.08 Å². The second kappa shape index (κ2) is 3.44. The molecular formula is C13H16O3. The smallest absolute Gasteiger partial charge is 0.306 e. The van der Waals surface area contributed by atoms with Crippen molar-refractivity contribution in [3.8, 4) is 0 Å². The van der Waals surface area contributed by atoms with Crippen molar-refractivity contribution in [3.05, 3.63) is 12.7 Å². The van der Waals surface area contributed by atoms with Gasteiger partial charge in [-0.15, -0.1) is 0 Å². The molecule has 0 N–H and O–H groups in total. The molecule has 3 rings (SSSR count). The van der Waals surface area contributed by atoms with E-state index in [4.69, 9.17) is 4.74 Å². The van der Waals surface area contributed by atoms with E-state index in [0.717, 1.165) is 12.8 Å². The van der Waals surface area contributed by atoms with Crippen molar-refractivity contribution >= 4 is 11.8 Å². The average molecular weight is 220 g/mol. The van der Waals surface area contributed by atoms with E-state index in [9.17, 15) is 9.59 Å². The molecule has 3 aliphatic rings. The third-order valence-electron chi connectivity index (χ3n) is 4.60. The van der Waals surface area contributed by atoms with Crippen molar-refractivity contribution in [1.29, 1.82) is 0 Å². The summed E-state index contributed by atoms with van der Waals surface area (Å²) in [6, 6.07) is 0. The summed E-state index contributed by atoms with van der Waals surface area (Å²) < 4.78 is 5.39. The summed E-state index contributed by atoms with van der Waals surface area (Å²) in [4.78, 5) is 22.6. The van der Waals surface area contributed by atoms with Crippen LogP contribution in [0.4, 0.5) is 0 Å². The molecule has 0 spiro atoms. The van der Waals surface area contributed by atoms with Gasteiger partial charge in [-0.3, -0.25) is 9.59 Å². The summed E-state index contributed by atoms with van der Waals surface area (Å²) in [5.41, 5.74) is 0. The van der Waals surface area contributed by atoms with Crippen molar-refractivity contribution in [2.75, 3.05) is 0 Å². The van der Waals surface area contributed by atoms with Crippen molar-refractivity contribution in [2.45, 2.75) is 31.8 Å². The number of carbonyl (C=O) groups is 2. The highest BCUT2D eigenvalue weighted by Crippen LogP contribution is 2.57. The standard InChI is InChI=1S/C13H16O3/c1-2-9(14)4-7-3-8-5-10(7)13-11(8)6-12(15)16-13/h2,7-8,10-11,13H,1,3-6H2. The highest BCUT2D eigenvalue weighted by atomic mass is 16.6. The van der Waals surface area contributed by atoms with Crippen LogP contribution in [0, 0.1) is 23.7 Å². The molecule has 1 saturated heterocycles. The zero-order valence-electron chi connectivity index (χ0n) is 9.22. The van der Waals surface area contributed by atoms with Crippen molar-refractivity contribution in [3.63, 3.8) is 0 Å². The third-order valence-corrected chi connectivity index (χ3v) is 4.60. The molecule has 1 heterocycles. The Hall–Kier alpha value is -1.12. The van der Waals surface area contributed by atoms with Crippen LogP contribution in [-0.4, -0.2) is 17.9 Å². The summed E-state index contributed by atoms with van der Waals surface area (Å²) in [5.74, 6) is 2.00. The first kappa shape index (κ1) is 10.1. The third kappa shape index (κ3) is 1.34. The first-order valence-electron chi connectivity index (χ1n) is 6.03. The van der Waals surface area contributed by atoms with Gasteiger partial charge in [-0.25, -0.2) is 0 Å². The van der Waals surface area contributed by atoms with Gasteiger partial charge in [0.15, 0.2) is 5.78 Å². The SMILES string of the molecule is C=CC(=O)CC1CC2CC1C1OC(=O)CC21. The van der Waals surface area contributed by atoms with Gasteiger partial charge in [0.05, 0.1) is 6.42 Å². The molecule has 0 aromatic heterocycles. The quantitative estimate of drug-likeness (QED) is 0.537. The number of allylic oxidation sites excluding steroid dienone is 1. The van der Waals surface area contributed by atoms with E-state index < -0.39 is 0 Å². The Morgan fingerprint density at radius 1 is 1.44 bits per heavy atom. The van der Waals surface area contributed by atoms with Gasteiger partial charge in [-0.1, -0.05) is 6.58 Å². The molecule has 0 aromatic carbocycles. The molecule has 2 aliphatic carbocycles. The number of carbonyl (C=O) groups excluding carboxylic acids is 2. The fourth-order valence-electron chi connectivity index (χ4n) is 3.97. The topological polar surface area (TPSA) is 43.4 Å². The lowest BCUT2D eigenvalue weighted by molar-refractivity contribution is -0.143. The van der Waals surface area contributed by atoms with Crippen LogP contribution in [0.2, 0.25) is 0 Å². The van der Waals surface area contributed by atoms with Gasteiger partial charge in [0.2, 0.25) is 0 Å².